The summed E-state index contributed by atoms with van der Waals surface area (Å²) >= 11 is 6.26. The van der Waals surface area contributed by atoms with Gasteiger partial charge in [0.15, 0.2) is 5.82 Å². The van der Waals surface area contributed by atoms with E-state index in [9.17, 15) is 9.59 Å². The lowest BCUT2D eigenvalue weighted by atomic mass is 10.1. The molecule has 1 N–H and O–H groups in total. The lowest BCUT2D eigenvalue weighted by Crippen LogP contribution is -2.54. The predicted molar refractivity (Wildman–Crippen MR) is 131 cm³/mol. The first-order valence-corrected chi connectivity index (χ1v) is 12.0. The molecule has 1 atom stereocenters. The molecule has 0 spiro atoms. The van der Waals surface area contributed by atoms with Gasteiger partial charge < -0.3 is 20.0 Å². The molecular formula is C24H33ClN6O2. The van der Waals surface area contributed by atoms with Crippen LogP contribution >= 0.6 is 11.6 Å². The standard InChI is InChI=1S/C24H33ClN6O2/c1-4-12-26-24(33)31(18(3)5-2)17-23(32)30-15-13-29(14-16-30)22-11-10-21(27-28-22)19-8-6-7-9-20(19)25/h6-11,18H,4-5,12-17H2,1-3H3,(H,26,33). The Bertz CT molecular complexity index is 931. The van der Waals surface area contributed by atoms with Crippen LogP contribution in [0.4, 0.5) is 10.6 Å². The number of hydrogen-bond acceptors (Lipinski definition) is 5. The molecule has 0 saturated carbocycles. The minimum Gasteiger partial charge on any atom is -0.352 e. The summed E-state index contributed by atoms with van der Waals surface area (Å²) in [5, 5.41) is 12.2. The minimum absolute atomic E-state index is 0.000924. The number of urea groups is 1. The maximum Gasteiger partial charge on any atom is 0.318 e. The van der Waals surface area contributed by atoms with Crippen LogP contribution < -0.4 is 10.2 Å². The molecule has 2 heterocycles. The second kappa shape index (κ2) is 11.8. The fraction of sp³-hybridized carbons (Fsp3) is 0.500. The number of amides is 3. The Morgan fingerprint density at radius 3 is 2.42 bits per heavy atom. The highest BCUT2D eigenvalue weighted by molar-refractivity contribution is 6.33. The first-order chi connectivity index (χ1) is 15.9. The van der Waals surface area contributed by atoms with Gasteiger partial charge >= 0.3 is 6.03 Å². The third kappa shape index (κ3) is 6.35. The molecule has 3 amide bonds. The third-order valence-electron chi connectivity index (χ3n) is 5.97. The summed E-state index contributed by atoms with van der Waals surface area (Å²) in [6, 6.07) is 11.2. The van der Waals surface area contributed by atoms with E-state index in [0.717, 1.165) is 29.9 Å². The van der Waals surface area contributed by atoms with Crippen LogP contribution in [0.25, 0.3) is 11.3 Å². The maximum absolute atomic E-state index is 12.9. The quantitative estimate of drug-likeness (QED) is 0.634. The van der Waals surface area contributed by atoms with Gasteiger partial charge in [-0.1, -0.05) is 43.6 Å². The van der Waals surface area contributed by atoms with E-state index < -0.39 is 0 Å². The van der Waals surface area contributed by atoms with Gasteiger partial charge in [-0.2, -0.15) is 0 Å². The van der Waals surface area contributed by atoms with Crippen LogP contribution in [0.2, 0.25) is 5.02 Å². The summed E-state index contributed by atoms with van der Waals surface area (Å²) in [5.74, 6) is 0.750. The molecule has 1 aromatic heterocycles. The number of nitrogens with zero attached hydrogens (tertiary/aromatic N) is 5. The Morgan fingerprint density at radius 1 is 1.09 bits per heavy atom. The van der Waals surface area contributed by atoms with Crippen molar-refractivity contribution in [3.05, 3.63) is 41.4 Å². The first-order valence-electron chi connectivity index (χ1n) is 11.6. The maximum atomic E-state index is 12.9. The molecule has 0 bridgehead atoms. The van der Waals surface area contributed by atoms with Crippen molar-refractivity contribution < 1.29 is 9.59 Å². The smallest absolute Gasteiger partial charge is 0.318 e. The fourth-order valence-electron chi connectivity index (χ4n) is 3.72. The molecule has 2 aromatic rings. The van der Waals surface area contributed by atoms with Crippen molar-refractivity contribution in [2.75, 3.05) is 44.2 Å². The first kappa shape index (κ1) is 24.8. The average Bonchev–Trinajstić information content (AvgIpc) is 2.85. The lowest BCUT2D eigenvalue weighted by molar-refractivity contribution is -0.132. The Balaban J connectivity index is 1.57. The Morgan fingerprint density at radius 2 is 1.82 bits per heavy atom. The molecule has 1 saturated heterocycles. The van der Waals surface area contributed by atoms with Gasteiger partial charge in [-0.05, 0) is 38.0 Å². The largest absolute Gasteiger partial charge is 0.352 e. The molecule has 9 heteroatoms. The number of halogens is 1. The summed E-state index contributed by atoms with van der Waals surface area (Å²) < 4.78 is 0. The molecule has 1 aliphatic rings. The molecule has 1 aromatic carbocycles. The van der Waals surface area contributed by atoms with E-state index >= 15 is 0 Å². The summed E-state index contributed by atoms with van der Waals surface area (Å²) in [4.78, 5) is 31.0. The second-order valence-corrected chi connectivity index (χ2v) is 8.65. The van der Waals surface area contributed by atoms with Crippen molar-refractivity contribution >= 4 is 29.4 Å². The minimum atomic E-state index is -0.174. The summed E-state index contributed by atoms with van der Waals surface area (Å²) in [7, 11) is 0. The molecule has 1 unspecified atom stereocenters. The third-order valence-corrected chi connectivity index (χ3v) is 6.30. The lowest BCUT2D eigenvalue weighted by Gasteiger charge is -2.37. The van der Waals surface area contributed by atoms with E-state index in [1.54, 1.807) is 4.90 Å². The van der Waals surface area contributed by atoms with Gasteiger partial charge in [0.25, 0.3) is 0 Å². The number of anilines is 1. The Kier molecular flexibility index (Phi) is 8.88. The molecule has 33 heavy (non-hydrogen) atoms. The summed E-state index contributed by atoms with van der Waals surface area (Å²) in [5.41, 5.74) is 1.58. The number of aromatic nitrogens is 2. The Labute approximate surface area is 200 Å². The number of nitrogens with one attached hydrogen (secondary N) is 1. The number of carbonyl (C=O) groups is 2. The number of carbonyl (C=O) groups excluding carboxylic acids is 2. The number of rotatable bonds is 8. The van der Waals surface area contributed by atoms with Gasteiger partial charge in [0.05, 0.1) is 10.7 Å². The molecule has 1 fully saturated rings. The monoisotopic (exact) mass is 472 g/mol. The summed E-state index contributed by atoms with van der Waals surface area (Å²) in [6.07, 6.45) is 1.65. The highest BCUT2D eigenvalue weighted by Crippen LogP contribution is 2.26. The molecular weight excluding hydrogens is 440 g/mol. The van der Waals surface area contributed by atoms with Crippen molar-refractivity contribution in [1.82, 2.24) is 25.3 Å². The molecule has 178 valence electrons. The molecule has 3 rings (SSSR count). The second-order valence-electron chi connectivity index (χ2n) is 8.24. The van der Waals surface area contributed by atoms with E-state index in [2.05, 4.69) is 20.4 Å². The molecule has 0 aliphatic carbocycles. The summed E-state index contributed by atoms with van der Waals surface area (Å²) in [6.45, 7) is 9.19. The van der Waals surface area contributed by atoms with Gasteiger partial charge in [0.1, 0.15) is 6.54 Å². The van der Waals surface area contributed by atoms with Crippen LogP contribution in [0.1, 0.15) is 33.6 Å². The van der Waals surface area contributed by atoms with E-state index in [0.29, 0.717) is 37.7 Å². The van der Waals surface area contributed by atoms with Crippen LogP contribution in [-0.2, 0) is 4.79 Å². The molecule has 1 aliphatic heterocycles. The van der Waals surface area contributed by atoms with Crippen molar-refractivity contribution in [3.8, 4) is 11.3 Å². The molecule has 8 nitrogen and oxygen atoms in total. The van der Waals surface area contributed by atoms with Crippen molar-refractivity contribution in [2.24, 2.45) is 0 Å². The zero-order valence-electron chi connectivity index (χ0n) is 19.6. The number of piperazine rings is 1. The van der Waals surface area contributed by atoms with Gasteiger partial charge in [-0.3, -0.25) is 4.79 Å². The topological polar surface area (TPSA) is 81.7 Å². The number of benzene rings is 1. The van der Waals surface area contributed by atoms with Gasteiger partial charge in [-0.15, -0.1) is 10.2 Å². The predicted octanol–water partition coefficient (Wildman–Crippen LogP) is 3.67. The zero-order chi connectivity index (χ0) is 23.8. The number of hydrogen-bond donors (Lipinski definition) is 1. The normalized spacial score (nSPS) is 14.7. The van der Waals surface area contributed by atoms with Gasteiger partial charge in [0.2, 0.25) is 5.91 Å². The van der Waals surface area contributed by atoms with Crippen LogP contribution in [0.3, 0.4) is 0 Å². The SMILES string of the molecule is CCCNC(=O)N(CC(=O)N1CCN(c2ccc(-c3ccccc3Cl)nn2)CC1)C(C)CC. The average molecular weight is 473 g/mol. The van der Waals surface area contributed by atoms with E-state index in [-0.39, 0.29) is 24.5 Å². The van der Waals surface area contributed by atoms with Crippen LogP contribution in [0, 0.1) is 0 Å². The van der Waals surface area contributed by atoms with Crippen molar-refractivity contribution in [1.29, 1.82) is 0 Å². The highest BCUT2D eigenvalue weighted by Gasteiger charge is 2.27. The van der Waals surface area contributed by atoms with E-state index in [1.165, 1.54) is 0 Å². The van der Waals surface area contributed by atoms with Gasteiger partial charge in [0, 0.05) is 44.3 Å². The fourth-order valence-corrected chi connectivity index (χ4v) is 3.95. The van der Waals surface area contributed by atoms with E-state index in [1.807, 2.05) is 62.1 Å². The van der Waals surface area contributed by atoms with Crippen LogP contribution in [-0.4, -0.2) is 77.2 Å². The molecule has 0 radical (unpaired) electrons. The highest BCUT2D eigenvalue weighted by atomic mass is 35.5. The van der Waals surface area contributed by atoms with Crippen LogP contribution in [0.5, 0.6) is 0 Å². The van der Waals surface area contributed by atoms with E-state index in [4.69, 9.17) is 11.6 Å². The zero-order valence-corrected chi connectivity index (χ0v) is 20.4. The van der Waals surface area contributed by atoms with Crippen molar-refractivity contribution in [2.45, 2.75) is 39.7 Å². The van der Waals surface area contributed by atoms with Crippen molar-refractivity contribution in [3.63, 3.8) is 0 Å². The van der Waals surface area contributed by atoms with Gasteiger partial charge in [-0.25, -0.2) is 4.79 Å². The Hall–Kier alpha value is -2.87. The van der Waals surface area contributed by atoms with Crippen LogP contribution in [0.15, 0.2) is 36.4 Å².